The van der Waals surface area contributed by atoms with Crippen molar-refractivity contribution in [3.05, 3.63) is 39.3 Å². The van der Waals surface area contributed by atoms with E-state index in [0.29, 0.717) is 0 Å². The number of nitrogens with two attached hydrogens (primary N) is 1. The molecule has 16 heavy (non-hydrogen) atoms. The Labute approximate surface area is 119 Å². The zero-order valence-electron chi connectivity index (χ0n) is 8.62. The van der Waals surface area contributed by atoms with Gasteiger partial charge in [0.1, 0.15) is 5.75 Å². The van der Waals surface area contributed by atoms with Gasteiger partial charge in [-0.1, -0.05) is 37.9 Å². The molecular weight excluding hydrogens is 357 g/mol. The highest BCUT2D eigenvalue weighted by atomic mass is 79.9. The highest BCUT2D eigenvalue weighted by molar-refractivity contribution is 9.11. The second-order valence-electron chi connectivity index (χ2n) is 3.29. The first-order valence-corrected chi connectivity index (χ1v) is 6.19. The van der Waals surface area contributed by atoms with Crippen molar-refractivity contribution in [2.45, 2.75) is 18.9 Å². The summed E-state index contributed by atoms with van der Waals surface area (Å²) in [6.07, 6.45) is 3.43. The third kappa shape index (κ3) is 4.09. The molecule has 1 atom stereocenters. The van der Waals surface area contributed by atoms with E-state index in [9.17, 15) is 5.11 Å². The molecule has 3 N–H and O–H groups in total. The molecular formula is C11H14Br2ClNO. The number of rotatable bonds is 4. The smallest absolute Gasteiger partial charge is 0.122 e. The summed E-state index contributed by atoms with van der Waals surface area (Å²) in [5.41, 5.74) is 6.73. The quantitative estimate of drug-likeness (QED) is 0.775. The fraction of sp³-hybridized carbons (Fsp3) is 0.273. The van der Waals surface area contributed by atoms with Crippen LogP contribution in [0.2, 0.25) is 0 Å². The van der Waals surface area contributed by atoms with E-state index in [4.69, 9.17) is 5.73 Å². The molecule has 2 nitrogen and oxygen atoms in total. The standard InChI is InChI=1S/C11H13Br2NO.ClH/c1-2-3-4-9(14)11-8(13)5-7(12)6-10(11)15;/h2,5-6,9,15H,1,3-4,14H2;1H/t9-;/m0./s1. The van der Waals surface area contributed by atoms with Crippen LogP contribution in [0.1, 0.15) is 24.4 Å². The summed E-state index contributed by atoms with van der Waals surface area (Å²) < 4.78 is 1.65. The Balaban J connectivity index is 0.00000225. The van der Waals surface area contributed by atoms with Gasteiger partial charge in [-0.3, -0.25) is 0 Å². The lowest BCUT2D eigenvalue weighted by Gasteiger charge is -2.15. The molecule has 0 saturated heterocycles. The van der Waals surface area contributed by atoms with Crippen LogP contribution in [0.4, 0.5) is 0 Å². The number of phenolic OH excluding ortho intramolecular Hbond substituents is 1. The van der Waals surface area contributed by atoms with Gasteiger partial charge < -0.3 is 10.8 Å². The summed E-state index contributed by atoms with van der Waals surface area (Å²) in [6, 6.07) is 3.35. The van der Waals surface area contributed by atoms with Crippen molar-refractivity contribution >= 4 is 44.3 Å². The lowest BCUT2D eigenvalue weighted by atomic mass is 10.0. The van der Waals surface area contributed by atoms with Gasteiger partial charge in [0.2, 0.25) is 0 Å². The Morgan fingerprint density at radius 1 is 1.44 bits per heavy atom. The zero-order chi connectivity index (χ0) is 11.4. The molecule has 0 aromatic heterocycles. The van der Waals surface area contributed by atoms with E-state index in [2.05, 4.69) is 38.4 Å². The van der Waals surface area contributed by atoms with E-state index in [-0.39, 0.29) is 24.2 Å². The van der Waals surface area contributed by atoms with Gasteiger partial charge in [0.15, 0.2) is 0 Å². The second kappa shape index (κ2) is 7.33. The summed E-state index contributed by atoms with van der Waals surface area (Å²) in [7, 11) is 0. The summed E-state index contributed by atoms with van der Waals surface area (Å²) in [5.74, 6) is 0.216. The molecule has 0 fully saturated rings. The van der Waals surface area contributed by atoms with Crippen LogP contribution in [-0.2, 0) is 0 Å². The molecule has 1 aromatic carbocycles. The fourth-order valence-electron chi connectivity index (χ4n) is 1.38. The topological polar surface area (TPSA) is 46.2 Å². The van der Waals surface area contributed by atoms with E-state index in [1.165, 1.54) is 0 Å². The van der Waals surface area contributed by atoms with Crippen LogP contribution in [0.15, 0.2) is 33.7 Å². The van der Waals surface area contributed by atoms with Crippen LogP contribution in [0.3, 0.4) is 0 Å². The SMILES string of the molecule is C=CCC[C@H](N)c1c(O)cc(Br)cc1Br.Cl. The van der Waals surface area contributed by atoms with Crippen molar-refractivity contribution in [1.82, 2.24) is 0 Å². The Hall–Kier alpha value is -0.0300. The van der Waals surface area contributed by atoms with Crippen molar-refractivity contribution in [2.24, 2.45) is 5.73 Å². The second-order valence-corrected chi connectivity index (χ2v) is 5.06. The molecule has 0 amide bonds. The molecule has 1 rings (SSSR count). The van der Waals surface area contributed by atoms with E-state index >= 15 is 0 Å². The highest BCUT2D eigenvalue weighted by Crippen LogP contribution is 2.35. The molecule has 0 bridgehead atoms. The first kappa shape index (κ1) is 16.0. The summed E-state index contributed by atoms with van der Waals surface area (Å²) in [5, 5.41) is 9.78. The van der Waals surface area contributed by atoms with Crippen molar-refractivity contribution in [2.75, 3.05) is 0 Å². The maximum Gasteiger partial charge on any atom is 0.122 e. The van der Waals surface area contributed by atoms with Crippen molar-refractivity contribution in [3.63, 3.8) is 0 Å². The van der Waals surface area contributed by atoms with Gasteiger partial charge >= 0.3 is 0 Å². The fourth-order valence-corrected chi connectivity index (χ4v) is 2.88. The normalized spacial score (nSPS) is 11.7. The minimum atomic E-state index is -0.175. The molecule has 90 valence electrons. The molecule has 0 aliphatic heterocycles. The van der Waals surface area contributed by atoms with Gasteiger partial charge in [-0.25, -0.2) is 0 Å². The first-order valence-electron chi connectivity index (χ1n) is 4.60. The van der Waals surface area contributed by atoms with Gasteiger partial charge in [0.05, 0.1) is 0 Å². The number of phenols is 1. The van der Waals surface area contributed by atoms with E-state index in [1.54, 1.807) is 6.07 Å². The maximum atomic E-state index is 9.78. The van der Waals surface area contributed by atoms with Gasteiger partial charge in [0.25, 0.3) is 0 Å². The lowest BCUT2D eigenvalue weighted by Crippen LogP contribution is -2.10. The Bertz CT molecular complexity index is 348. The predicted octanol–water partition coefficient (Wildman–Crippen LogP) is 4.31. The molecule has 0 saturated carbocycles. The number of allylic oxidation sites excluding steroid dienone is 1. The average Bonchev–Trinajstić information content (AvgIpc) is 2.12. The molecule has 0 radical (unpaired) electrons. The lowest BCUT2D eigenvalue weighted by molar-refractivity contribution is 0.457. The van der Waals surface area contributed by atoms with Crippen molar-refractivity contribution < 1.29 is 5.11 Å². The summed E-state index contributed by atoms with van der Waals surface area (Å²) in [6.45, 7) is 3.65. The minimum Gasteiger partial charge on any atom is -0.508 e. The van der Waals surface area contributed by atoms with Crippen LogP contribution < -0.4 is 5.73 Å². The molecule has 0 spiro atoms. The van der Waals surface area contributed by atoms with E-state index < -0.39 is 0 Å². The third-order valence-corrected chi connectivity index (χ3v) is 3.24. The van der Waals surface area contributed by atoms with Crippen molar-refractivity contribution in [3.8, 4) is 5.75 Å². The third-order valence-electron chi connectivity index (χ3n) is 2.13. The Morgan fingerprint density at radius 3 is 2.56 bits per heavy atom. The predicted molar refractivity (Wildman–Crippen MR) is 77.1 cm³/mol. The maximum absolute atomic E-state index is 9.78. The van der Waals surface area contributed by atoms with Crippen LogP contribution in [-0.4, -0.2) is 5.11 Å². The van der Waals surface area contributed by atoms with Crippen molar-refractivity contribution in [1.29, 1.82) is 0 Å². The Morgan fingerprint density at radius 2 is 2.06 bits per heavy atom. The summed E-state index contributed by atoms with van der Waals surface area (Å²) >= 11 is 6.70. The molecule has 5 heteroatoms. The Kier molecular flexibility index (Phi) is 7.31. The van der Waals surface area contributed by atoms with E-state index in [0.717, 1.165) is 27.4 Å². The molecule has 0 heterocycles. The van der Waals surface area contributed by atoms with Gasteiger partial charge in [-0.15, -0.1) is 19.0 Å². The molecule has 0 unspecified atom stereocenters. The average molecular weight is 371 g/mol. The number of hydrogen-bond donors (Lipinski definition) is 2. The van der Waals surface area contributed by atoms with Crippen LogP contribution in [0, 0.1) is 0 Å². The van der Waals surface area contributed by atoms with Gasteiger partial charge in [-0.2, -0.15) is 0 Å². The first-order chi connectivity index (χ1) is 7.06. The monoisotopic (exact) mass is 369 g/mol. The van der Waals surface area contributed by atoms with Crippen LogP contribution in [0.5, 0.6) is 5.75 Å². The largest absolute Gasteiger partial charge is 0.508 e. The van der Waals surface area contributed by atoms with Gasteiger partial charge in [0, 0.05) is 20.6 Å². The number of halogens is 3. The van der Waals surface area contributed by atoms with E-state index in [1.807, 2.05) is 12.1 Å². The zero-order valence-corrected chi connectivity index (χ0v) is 12.6. The molecule has 1 aromatic rings. The molecule has 0 aliphatic carbocycles. The number of aromatic hydroxyl groups is 1. The minimum absolute atomic E-state index is 0. The highest BCUT2D eigenvalue weighted by Gasteiger charge is 2.14. The van der Waals surface area contributed by atoms with Crippen LogP contribution in [0.25, 0.3) is 0 Å². The summed E-state index contributed by atoms with van der Waals surface area (Å²) in [4.78, 5) is 0. The number of benzene rings is 1. The van der Waals surface area contributed by atoms with Crippen LogP contribution >= 0.6 is 44.3 Å². The molecule has 0 aliphatic rings. The number of hydrogen-bond acceptors (Lipinski definition) is 2. The van der Waals surface area contributed by atoms with Gasteiger partial charge in [-0.05, 0) is 25.0 Å².